The molecule has 4 nitrogen and oxygen atoms in total. The molecule has 0 aliphatic heterocycles. The fourth-order valence-electron chi connectivity index (χ4n) is 2.59. The minimum Gasteiger partial charge on any atom is -0.463 e. The molecule has 0 rings (SSSR count). The number of allylic oxidation sites excluding steroid dienone is 1. The monoisotopic (exact) mass is 342 g/mol. The van der Waals surface area contributed by atoms with Gasteiger partial charge in [-0.3, -0.25) is 4.79 Å². The first-order chi connectivity index (χ1) is 11.7. The van der Waals surface area contributed by atoms with Gasteiger partial charge >= 0.3 is 5.97 Å². The average Bonchev–Trinajstić information content (AvgIpc) is 2.58. The van der Waals surface area contributed by atoms with Gasteiger partial charge in [-0.05, 0) is 32.1 Å². The van der Waals surface area contributed by atoms with Gasteiger partial charge < -0.3 is 14.9 Å². The van der Waals surface area contributed by atoms with E-state index in [0.717, 1.165) is 51.4 Å². The van der Waals surface area contributed by atoms with Gasteiger partial charge in [0.25, 0.3) is 0 Å². The third kappa shape index (κ3) is 17.5. The van der Waals surface area contributed by atoms with Crippen molar-refractivity contribution in [3.8, 4) is 0 Å². The summed E-state index contributed by atoms with van der Waals surface area (Å²) in [6, 6.07) is 0. The lowest BCUT2D eigenvalue weighted by Gasteiger charge is -2.07. The molecule has 0 spiro atoms. The first-order valence-corrected chi connectivity index (χ1v) is 9.80. The third-order valence-corrected chi connectivity index (χ3v) is 4.07. The molecule has 1 atom stereocenters. The summed E-state index contributed by atoms with van der Waals surface area (Å²) in [7, 11) is 0. The average molecular weight is 343 g/mol. The summed E-state index contributed by atoms with van der Waals surface area (Å²) in [5.74, 6) is -0.208. The number of carbonyl (C=O) groups is 1. The minimum absolute atomic E-state index is 0.102. The topological polar surface area (TPSA) is 66.8 Å². The molecule has 24 heavy (non-hydrogen) atoms. The van der Waals surface area contributed by atoms with Gasteiger partial charge in [0.1, 0.15) is 6.61 Å². The fraction of sp³-hybridized carbons (Fsp3) is 0.850. The van der Waals surface area contributed by atoms with E-state index < -0.39 is 0 Å². The summed E-state index contributed by atoms with van der Waals surface area (Å²) >= 11 is 0. The molecule has 0 aromatic rings. The van der Waals surface area contributed by atoms with E-state index in [1.165, 1.54) is 25.7 Å². The van der Waals surface area contributed by atoms with Crippen molar-refractivity contribution >= 4 is 5.97 Å². The first kappa shape index (κ1) is 23.1. The molecule has 0 aliphatic rings. The molecule has 142 valence electrons. The fourth-order valence-corrected chi connectivity index (χ4v) is 2.59. The standard InChI is InChI=1S/C20H38O4/c1-2-3-4-11-14-19(22)15-12-9-7-5-6-8-10-13-16-20(23)24-18-17-21/h9,12,19,21-22H,2-8,10-11,13-18H2,1H3/b12-9+/t19-/m1/s1. The summed E-state index contributed by atoms with van der Waals surface area (Å²) in [4.78, 5) is 11.2. The van der Waals surface area contributed by atoms with Crippen LogP contribution in [0.4, 0.5) is 0 Å². The van der Waals surface area contributed by atoms with E-state index in [1.54, 1.807) is 0 Å². The van der Waals surface area contributed by atoms with Crippen molar-refractivity contribution in [2.24, 2.45) is 0 Å². The molecule has 0 amide bonds. The number of hydrogen-bond donors (Lipinski definition) is 2. The van der Waals surface area contributed by atoms with Crippen LogP contribution in [0.15, 0.2) is 12.2 Å². The lowest BCUT2D eigenvalue weighted by atomic mass is 10.1. The van der Waals surface area contributed by atoms with Gasteiger partial charge in [-0.2, -0.15) is 0 Å². The maximum atomic E-state index is 11.2. The zero-order valence-electron chi connectivity index (χ0n) is 15.5. The second-order valence-electron chi connectivity index (χ2n) is 6.46. The zero-order valence-corrected chi connectivity index (χ0v) is 15.5. The summed E-state index contributed by atoms with van der Waals surface area (Å²) < 4.78 is 4.80. The molecule has 0 fully saturated rings. The Labute approximate surface area is 148 Å². The van der Waals surface area contributed by atoms with Crippen LogP contribution in [0, 0.1) is 0 Å². The molecule has 0 saturated carbocycles. The SMILES string of the molecule is CCCCCC[C@@H](O)C/C=C/CCCCCCCC(=O)OCCO. The Morgan fingerprint density at radius 3 is 2.46 bits per heavy atom. The summed E-state index contributed by atoms with van der Waals surface area (Å²) in [5.41, 5.74) is 0. The Kier molecular flexibility index (Phi) is 17.8. The number of aliphatic hydroxyl groups excluding tert-OH is 2. The van der Waals surface area contributed by atoms with E-state index in [2.05, 4.69) is 19.1 Å². The number of rotatable bonds is 17. The maximum Gasteiger partial charge on any atom is 0.305 e. The third-order valence-electron chi connectivity index (χ3n) is 4.07. The predicted octanol–water partition coefficient (Wildman–Crippen LogP) is 4.53. The van der Waals surface area contributed by atoms with Gasteiger partial charge in [0.2, 0.25) is 0 Å². The van der Waals surface area contributed by atoms with Crippen LogP contribution in [-0.4, -0.2) is 35.5 Å². The van der Waals surface area contributed by atoms with Crippen LogP contribution in [0.2, 0.25) is 0 Å². The molecule has 4 heteroatoms. The Morgan fingerprint density at radius 1 is 1.00 bits per heavy atom. The van der Waals surface area contributed by atoms with Gasteiger partial charge in [0.05, 0.1) is 12.7 Å². The van der Waals surface area contributed by atoms with E-state index in [4.69, 9.17) is 9.84 Å². The van der Waals surface area contributed by atoms with Crippen molar-refractivity contribution in [3.63, 3.8) is 0 Å². The van der Waals surface area contributed by atoms with E-state index >= 15 is 0 Å². The van der Waals surface area contributed by atoms with Crippen LogP contribution in [0.5, 0.6) is 0 Å². The highest BCUT2D eigenvalue weighted by Gasteiger charge is 2.02. The lowest BCUT2D eigenvalue weighted by molar-refractivity contribution is -0.144. The van der Waals surface area contributed by atoms with E-state index in [-0.39, 0.29) is 25.3 Å². The van der Waals surface area contributed by atoms with Crippen LogP contribution >= 0.6 is 0 Å². The number of aliphatic hydroxyl groups is 2. The second-order valence-corrected chi connectivity index (χ2v) is 6.46. The van der Waals surface area contributed by atoms with Crippen LogP contribution in [0.3, 0.4) is 0 Å². The van der Waals surface area contributed by atoms with Crippen LogP contribution < -0.4 is 0 Å². The van der Waals surface area contributed by atoms with Crippen LogP contribution in [-0.2, 0) is 9.53 Å². The number of carbonyl (C=O) groups excluding carboxylic acids is 1. The lowest BCUT2D eigenvalue weighted by Crippen LogP contribution is -2.07. The van der Waals surface area contributed by atoms with Crippen molar-refractivity contribution in [2.75, 3.05) is 13.2 Å². The molecule has 0 aromatic heterocycles. The quantitative estimate of drug-likeness (QED) is 0.231. The van der Waals surface area contributed by atoms with Gasteiger partial charge in [-0.15, -0.1) is 0 Å². The number of hydrogen-bond acceptors (Lipinski definition) is 4. The molecule has 0 radical (unpaired) electrons. The largest absolute Gasteiger partial charge is 0.463 e. The van der Waals surface area contributed by atoms with E-state index in [0.29, 0.717) is 6.42 Å². The summed E-state index contributed by atoms with van der Waals surface area (Å²) in [5, 5.41) is 18.4. The first-order valence-electron chi connectivity index (χ1n) is 9.80. The van der Waals surface area contributed by atoms with Crippen molar-refractivity contribution in [1.82, 2.24) is 0 Å². The Bertz CT molecular complexity index is 302. The molecule has 0 aromatic carbocycles. The maximum absolute atomic E-state index is 11.2. The second kappa shape index (κ2) is 18.5. The Morgan fingerprint density at radius 2 is 1.71 bits per heavy atom. The predicted molar refractivity (Wildman–Crippen MR) is 98.9 cm³/mol. The Hall–Kier alpha value is -0.870. The van der Waals surface area contributed by atoms with Gasteiger partial charge in [0, 0.05) is 6.42 Å². The van der Waals surface area contributed by atoms with E-state index in [9.17, 15) is 9.90 Å². The molecule has 2 N–H and O–H groups in total. The highest BCUT2D eigenvalue weighted by molar-refractivity contribution is 5.69. The van der Waals surface area contributed by atoms with Gasteiger partial charge in [0.15, 0.2) is 0 Å². The summed E-state index contributed by atoms with van der Waals surface area (Å²) in [6.45, 7) is 2.21. The molecule has 0 aliphatic carbocycles. The smallest absolute Gasteiger partial charge is 0.305 e. The highest BCUT2D eigenvalue weighted by atomic mass is 16.5. The molecular formula is C20H38O4. The van der Waals surface area contributed by atoms with Gasteiger partial charge in [-0.1, -0.05) is 64.0 Å². The van der Waals surface area contributed by atoms with Crippen molar-refractivity contribution < 1.29 is 19.7 Å². The highest BCUT2D eigenvalue weighted by Crippen LogP contribution is 2.10. The number of ether oxygens (including phenoxy) is 1. The number of unbranched alkanes of at least 4 members (excludes halogenated alkanes) is 8. The van der Waals surface area contributed by atoms with Crippen molar-refractivity contribution in [2.45, 2.75) is 96.5 Å². The Balaban J connectivity index is 3.30. The van der Waals surface area contributed by atoms with E-state index in [1.807, 2.05) is 0 Å². The van der Waals surface area contributed by atoms with Crippen molar-refractivity contribution in [1.29, 1.82) is 0 Å². The molecule has 0 bridgehead atoms. The van der Waals surface area contributed by atoms with Gasteiger partial charge in [-0.25, -0.2) is 0 Å². The van der Waals surface area contributed by atoms with Crippen molar-refractivity contribution in [3.05, 3.63) is 12.2 Å². The summed E-state index contributed by atoms with van der Waals surface area (Å²) in [6.07, 6.45) is 17.6. The molecule has 0 heterocycles. The molecule has 0 unspecified atom stereocenters. The molecular weight excluding hydrogens is 304 g/mol. The molecule has 0 saturated heterocycles. The normalized spacial score (nSPS) is 12.6. The van der Waals surface area contributed by atoms with Crippen LogP contribution in [0.1, 0.15) is 90.4 Å². The zero-order chi connectivity index (χ0) is 17.9. The number of esters is 1. The van der Waals surface area contributed by atoms with Crippen LogP contribution in [0.25, 0.3) is 0 Å². The minimum atomic E-state index is -0.208.